The maximum absolute atomic E-state index is 13.0. The first-order valence-corrected chi connectivity index (χ1v) is 10.3. The van der Waals surface area contributed by atoms with Crippen LogP contribution in [0, 0.1) is 18.3 Å². The minimum Gasteiger partial charge on any atom is -0.444 e. The molecule has 8 heteroatoms. The first kappa shape index (κ1) is 22.3. The molecule has 0 radical (unpaired) electrons. The Hall–Kier alpha value is -3.34. The van der Waals surface area contributed by atoms with Gasteiger partial charge in [0, 0.05) is 42.1 Å². The number of hydrogen-bond acceptors (Lipinski definition) is 5. The number of ether oxygens (including phenoxy) is 1. The Morgan fingerprint density at radius 2 is 2.00 bits per heavy atom. The normalized spacial score (nSPS) is 16.8. The van der Waals surface area contributed by atoms with E-state index in [0.717, 1.165) is 22.8 Å². The van der Waals surface area contributed by atoms with Crippen molar-refractivity contribution < 1.29 is 19.1 Å². The lowest BCUT2D eigenvalue weighted by atomic mass is 10.1. The molecule has 31 heavy (non-hydrogen) atoms. The molecule has 0 aliphatic carbocycles. The van der Waals surface area contributed by atoms with Crippen molar-refractivity contribution in [3.05, 3.63) is 35.0 Å². The van der Waals surface area contributed by atoms with Gasteiger partial charge in [-0.3, -0.25) is 9.59 Å². The van der Waals surface area contributed by atoms with E-state index in [2.05, 4.69) is 6.07 Å². The quantitative estimate of drug-likeness (QED) is 0.706. The van der Waals surface area contributed by atoms with Crippen molar-refractivity contribution in [2.24, 2.45) is 0 Å². The molecular weight excluding hydrogens is 396 g/mol. The molecule has 1 aliphatic rings. The lowest BCUT2D eigenvalue weighted by Crippen LogP contribution is -2.56. The average Bonchev–Trinajstić information content (AvgIpc) is 3.05. The molecule has 0 N–H and O–H groups in total. The summed E-state index contributed by atoms with van der Waals surface area (Å²) in [6.45, 7) is 10.4. The molecule has 1 saturated heterocycles. The number of carbonyl (C=O) groups is 3. The Bertz CT molecular complexity index is 1070. The van der Waals surface area contributed by atoms with Crippen molar-refractivity contribution in [3.8, 4) is 6.07 Å². The van der Waals surface area contributed by atoms with Crippen LogP contribution in [0.15, 0.2) is 18.2 Å². The molecule has 1 fully saturated rings. The zero-order chi connectivity index (χ0) is 22.9. The second-order valence-electron chi connectivity index (χ2n) is 8.92. The Kier molecular flexibility index (Phi) is 6.07. The van der Waals surface area contributed by atoms with Gasteiger partial charge in [0.1, 0.15) is 30.2 Å². The van der Waals surface area contributed by atoms with E-state index in [0.29, 0.717) is 30.9 Å². The van der Waals surface area contributed by atoms with E-state index in [1.807, 2.05) is 34.6 Å². The van der Waals surface area contributed by atoms with E-state index in [-0.39, 0.29) is 24.6 Å². The number of aryl methyl sites for hydroxylation is 1. The van der Waals surface area contributed by atoms with Crippen LogP contribution >= 0.6 is 0 Å². The Labute approximate surface area is 182 Å². The minimum absolute atomic E-state index is 0.0193. The van der Waals surface area contributed by atoms with Crippen LogP contribution in [-0.2, 0) is 16.1 Å². The minimum atomic E-state index is -0.575. The second kappa shape index (κ2) is 8.42. The van der Waals surface area contributed by atoms with Gasteiger partial charge in [0.15, 0.2) is 0 Å². The predicted molar refractivity (Wildman–Crippen MR) is 116 cm³/mol. The summed E-state index contributed by atoms with van der Waals surface area (Å²) in [7, 11) is 0. The average molecular weight is 425 g/mol. The molecule has 1 aliphatic heterocycles. The highest BCUT2D eigenvalue weighted by Gasteiger charge is 2.32. The number of piperazine rings is 1. The van der Waals surface area contributed by atoms with Crippen LogP contribution in [0.25, 0.3) is 10.9 Å². The van der Waals surface area contributed by atoms with E-state index < -0.39 is 5.60 Å². The highest BCUT2D eigenvalue weighted by atomic mass is 16.6. The summed E-state index contributed by atoms with van der Waals surface area (Å²) in [5.74, 6) is -0.123. The summed E-state index contributed by atoms with van der Waals surface area (Å²) in [4.78, 5) is 40.0. The standard InChI is InChI=1S/C23H28N4O4/c1-15-12-25(8-9-26(15)22(30)31-23(3,4)5)21(29)13-27-18(11-24)10-19-16(2)17(14-28)6-7-20(19)27/h6-7,10,14-15H,8-9,12-13H2,1-5H3. The molecule has 0 saturated carbocycles. The predicted octanol–water partition coefficient (Wildman–Crippen LogP) is 3.10. The maximum atomic E-state index is 13.0. The largest absolute Gasteiger partial charge is 0.444 e. The van der Waals surface area contributed by atoms with Gasteiger partial charge in [0.05, 0.1) is 0 Å². The first-order valence-electron chi connectivity index (χ1n) is 10.3. The summed E-state index contributed by atoms with van der Waals surface area (Å²) in [6.07, 6.45) is 0.409. The zero-order valence-corrected chi connectivity index (χ0v) is 18.6. The van der Waals surface area contributed by atoms with Crippen LogP contribution < -0.4 is 0 Å². The number of nitriles is 1. The number of amides is 2. The van der Waals surface area contributed by atoms with Gasteiger partial charge in [0.25, 0.3) is 0 Å². The Balaban J connectivity index is 1.76. The lowest BCUT2D eigenvalue weighted by molar-refractivity contribution is -0.134. The Morgan fingerprint density at radius 3 is 2.58 bits per heavy atom. The molecule has 2 heterocycles. The van der Waals surface area contributed by atoms with Crippen LogP contribution in [0.3, 0.4) is 0 Å². The third-order valence-electron chi connectivity index (χ3n) is 5.54. The van der Waals surface area contributed by atoms with Crippen LogP contribution in [-0.4, -0.2) is 63.9 Å². The molecule has 2 aromatic rings. The van der Waals surface area contributed by atoms with E-state index >= 15 is 0 Å². The third kappa shape index (κ3) is 4.55. The van der Waals surface area contributed by atoms with Gasteiger partial charge in [0.2, 0.25) is 5.91 Å². The van der Waals surface area contributed by atoms with E-state index in [4.69, 9.17) is 4.74 Å². The molecule has 1 unspecified atom stereocenters. The number of rotatable bonds is 3. The number of nitrogens with zero attached hydrogens (tertiary/aromatic N) is 4. The van der Waals surface area contributed by atoms with Gasteiger partial charge in [-0.2, -0.15) is 5.26 Å². The SMILES string of the molecule is Cc1c(C=O)ccc2c1cc(C#N)n2CC(=O)N1CCN(C(=O)OC(C)(C)C)C(C)C1. The van der Waals surface area contributed by atoms with Gasteiger partial charge in [-0.25, -0.2) is 4.79 Å². The number of benzene rings is 1. The summed E-state index contributed by atoms with van der Waals surface area (Å²) in [5, 5.41) is 10.4. The van der Waals surface area contributed by atoms with Crippen LogP contribution in [0.1, 0.15) is 49.3 Å². The first-order chi connectivity index (χ1) is 14.6. The molecular formula is C23H28N4O4. The van der Waals surface area contributed by atoms with Crippen LogP contribution in [0.2, 0.25) is 0 Å². The molecule has 1 aromatic carbocycles. The molecule has 8 nitrogen and oxygen atoms in total. The van der Waals surface area contributed by atoms with Crippen molar-refractivity contribution in [1.29, 1.82) is 5.26 Å². The fraction of sp³-hybridized carbons (Fsp3) is 0.478. The number of aromatic nitrogens is 1. The van der Waals surface area contributed by atoms with Gasteiger partial charge >= 0.3 is 6.09 Å². The fourth-order valence-electron chi connectivity index (χ4n) is 3.89. The number of aldehydes is 1. The summed E-state index contributed by atoms with van der Waals surface area (Å²) >= 11 is 0. The van der Waals surface area contributed by atoms with E-state index in [9.17, 15) is 19.6 Å². The van der Waals surface area contributed by atoms with Crippen molar-refractivity contribution in [1.82, 2.24) is 14.4 Å². The zero-order valence-electron chi connectivity index (χ0n) is 18.6. The summed E-state index contributed by atoms with van der Waals surface area (Å²) in [5.41, 5.74) is 1.89. The molecule has 0 bridgehead atoms. The molecule has 1 atom stereocenters. The van der Waals surface area contributed by atoms with Crippen molar-refractivity contribution >= 4 is 29.2 Å². The van der Waals surface area contributed by atoms with Crippen LogP contribution in [0.4, 0.5) is 4.79 Å². The van der Waals surface area contributed by atoms with Crippen molar-refractivity contribution in [2.45, 2.75) is 52.8 Å². The fourth-order valence-corrected chi connectivity index (χ4v) is 3.89. The smallest absolute Gasteiger partial charge is 0.410 e. The van der Waals surface area contributed by atoms with Crippen LogP contribution in [0.5, 0.6) is 0 Å². The van der Waals surface area contributed by atoms with Gasteiger partial charge in [-0.05, 0) is 58.4 Å². The molecule has 2 amide bonds. The third-order valence-corrected chi connectivity index (χ3v) is 5.54. The number of hydrogen-bond donors (Lipinski definition) is 0. The number of fused-ring (bicyclic) bond motifs is 1. The van der Waals surface area contributed by atoms with Crippen molar-refractivity contribution in [3.63, 3.8) is 0 Å². The van der Waals surface area contributed by atoms with Gasteiger partial charge in [-0.15, -0.1) is 0 Å². The lowest BCUT2D eigenvalue weighted by Gasteiger charge is -2.40. The summed E-state index contributed by atoms with van der Waals surface area (Å²) in [6, 6.07) is 7.15. The monoisotopic (exact) mass is 424 g/mol. The van der Waals surface area contributed by atoms with E-state index in [1.165, 1.54) is 0 Å². The molecule has 164 valence electrons. The maximum Gasteiger partial charge on any atom is 0.410 e. The molecule has 3 rings (SSSR count). The molecule has 0 spiro atoms. The molecule has 1 aromatic heterocycles. The number of carbonyl (C=O) groups excluding carboxylic acids is 3. The topological polar surface area (TPSA) is 95.6 Å². The van der Waals surface area contributed by atoms with E-state index in [1.54, 1.807) is 32.6 Å². The Morgan fingerprint density at radius 1 is 1.29 bits per heavy atom. The summed E-state index contributed by atoms with van der Waals surface area (Å²) < 4.78 is 7.14. The second-order valence-corrected chi connectivity index (χ2v) is 8.92. The highest BCUT2D eigenvalue weighted by Crippen LogP contribution is 2.25. The van der Waals surface area contributed by atoms with Gasteiger partial charge < -0.3 is 19.1 Å². The highest BCUT2D eigenvalue weighted by molar-refractivity contribution is 5.93. The van der Waals surface area contributed by atoms with Crippen molar-refractivity contribution in [2.75, 3.05) is 19.6 Å². The van der Waals surface area contributed by atoms with Gasteiger partial charge in [-0.1, -0.05) is 0 Å².